The molecule has 0 atom stereocenters. The Kier molecular flexibility index (Phi) is 6.40. The second-order valence-corrected chi connectivity index (χ2v) is 7.37. The summed E-state index contributed by atoms with van der Waals surface area (Å²) in [5.74, 6) is -0.297. The molecule has 2 heterocycles. The summed E-state index contributed by atoms with van der Waals surface area (Å²) in [6, 6.07) is 2.14. The minimum absolute atomic E-state index is 0.297. The van der Waals surface area contributed by atoms with Crippen LogP contribution in [0.1, 0.15) is 47.0 Å². The number of halogens is 1. The van der Waals surface area contributed by atoms with Gasteiger partial charge in [-0.15, -0.1) is 11.3 Å². The van der Waals surface area contributed by atoms with Gasteiger partial charge in [-0.3, -0.25) is 9.48 Å². The number of aryl methyl sites for hydroxylation is 3. The summed E-state index contributed by atoms with van der Waals surface area (Å²) in [5, 5.41) is 17.5. The Labute approximate surface area is 156 Å². The van der Waals surface area contributed by atoms with E-state index < -0.39 is 0 Å². The normalized spacial score (nSPS) is 11.0. The Morgan fingerprint density at radius 1 is 1.44 bits per heavy atom. The van der Waals surface area contributed by atoms with Crippen LogP contribution in [0.4, 0.5) is 5.00 Å². The molecule has 7 heteroatoms. The molecule has 2 rings (SSSR count). The summed E-state index contributed by atoms with van der Waals surface area (Å²) < 4.78 is 1.76. The molecule has 2 aromatic heterocycles. The van der Waals surface area contributed by atoms with Gasteiger partial charge in [-0.05, 0) is 38.8 Å². The van der Waals surface area contributed by atoms with Crippen LogP contribution in [0.15, 0.2) is 6.08 Å². The largest absolute Gasteiger partial charge is 0.313 e. The van der Waals surface area contributed by atoms with E-state index in [9.17, 15) is 10.1 Å². The maximum absolute atomic E-state index is 12.2. The highest BCUT2D eigenvalue weighted by Gasteiger charge is 2.14. The Hall–Kier alpha value is -2.10. The summed E-state index contributed by atoms with van der Waals surface area (Å²) in [7, 11) is 0. The monoisotopic (exact) mass is 376 g/mol. The molecule has 132 valence electrons. The predicted molar refractivity (Wildman–Crippen MR) is 103 cm³/mol. The van der Waals surface area contributed by atoms with Gasteiger partial charge in [0.25, 0.3) is 0 Å². The summed E-state index contributed by atoms with van der Waals surface area (Å²) >= 11 is 7.76. The van der Waals surface area contributed by atoms with Gasteiger partial charge in [0.2, 0.25) is 5.91 Å². The van der Waals surface area contributed by atoms with Crippen molar-refractivity contribution in [2.24, 2.45) is 0 Å². The van der Waals surface area contributed by atoms with E-state index in [2.05, 4.69) is 23.4 Å². The number of unbranched alkanes of at least 4 members (excludes halogenated alkanes) is 1. The average molecular weight is 377 g/mol. The molecule has 0 saturated carbocycles. The number of carbonyl (C=O) groups is 1. The number of rotatable bonds is 6. The number of hydrogen-bond acceptors (Lipinski definition) is 4. The predicted octanol–water partition coefficient (Wildman–Crippen LogP) is 4.85. The lowest BCUT2D eigenvalue weighted by Gasteiger charge is -2.01. The van der Waals surface area contributed by atoms with Gasteiger partial charge < -0.3 is 5.32 Å². The lowest BCUT2D eigenvalue weighted by Crippen LogP contribution is -2.07. The third-order valence-electron chi connectivity index (χ3n) is 3.97. The maximum atomic E-state index is 12.2. The molecule has 0 radical (unpaired) electrons. The van der Waals surface area contributed by atoms with Crippen molar-refractivity contribution in [1.82, 2.24) is 9.78 Å². The van der Waals surface area contributed by atoms with Gasteiger partial charge >= 0.3 is 0 Å². The second kappa shape index (κ2) is 8.32. The van der Waals surface area contributed by atoms with Crippen LogP contribution in [0.25, 0.3) is 6.08 Å². The van der Waals surface area contributed by atoms with E-state index in [0.717, 1.165) is 41.1 Å². The number of thiophene rings is 1. The molecule has 1 N–H and O–H groups in total. The van der Waals surface area contributed by atoms with E-state index in [1.54, 1.807) is 10.8 Å². The average Bonchev–Trinajstić information content (AvgIpc) is 2.99. The molecule has 0 aliphatic rings. The Balaban J connectivity index is 2.15. The SMILES string of the molecule is CCCCn1nc(C)c(/C=C/C(=O)Nc2sc(C)c(C)c2C#N)c1Cl. The third kappa shape index (κ3) is 4.30. The highest BCUT2D eigenvalue weighted by atomic mass is 35.5. The van der Waals surface area contributed by atoms with Crippen molar-refractivity contribution in [1.29, 1.82) is 5.26 Å². The van der Waals surface area contributed by atoms with Crippen molar-refractivity contribution in [2.75, 3.05) is 5.32 Å². The van der Waals surface area contributed by atoms with Gasteiger partial charge in [-0.25, -0.2) is 0 Å². The Morgan fingerprint density at radius 2 is 2.16 bits per heavy atom. The van der Waals surface area contributed by atoms with Crippen LogP contribution in [0, 0.1) is 32.1 Å². The lowest BCUT2D eigenvalue weighted by atomic mass is 10.2. The van der Waals surface area contributed by atoms with Crippen molar-refractivity contribution >= 4 is 39.9 Å². The molecule has 0 aliphatic heterocycles. The molecule has 0 saturated heterocycles. The molecule has 0 bridgehead atoms. The lowest BCUT2D eigenvalue weighted by molar-refractivity contribution is -0.111. The Morgan fingerprint density at radius 3 is 2.80 bits per heavy atom. The number of amides is 1. The van der Waals surface area contributed by atoms with Crippen molar-refractivity contribution in [3.8, 4) is 6.07 Å². The fourth-order valence-electron chi connectivity index (χ4n) is 2.37. The van der Waals surface area contributed by atoms with E-state index >= 15 is 0 Å². The van der Waals surface area contributed by atoms with Crippen molar-refractivity contribution in [3.63, 3.8) is 0 Å². The van der Waals surface area contributed by atoms with Crippen LogP contribution in [0.3, 0.4) is 0 Å². The van der Waals surface area contributed by atoms with Gasteiger partial charge in [0.15, 0.2) is 0 Å². The number of nitrogens with one attached hydrogen (secondary N) is 1. The molecule has 0 aromatic carbocycles. The molecular weight excluding hydrogens is 356 g/mol. The number of anilines is 1. The number of nitriles is 1. The molecule has 0 fully saturated rings. The van der Waals surface area contributed by atoms with Gasteiger partial charge in [0, 0.05) is 23.1 Å². The molecular formula is C18H21ClN4OS. The highest BCUT2D eigenvalue weighted by molar-refractivity contribution is 7.16. The highest BCUT2D eigenvalue weighted by Crippen LogP contribution is 2.31. The number of hydrogen-bond donors (Lipinski definition) is 1. The molecule has 1 amide bonds. The van der Waals surface area contributed by atoms with Crippen LogP contribution in [0.2, 0.25) is 5.15 Å². The van der Waals surface area contributed by atoms with E-state index in [-0.39, 0.29) is 5.91 Å². The van der Waals surface area contributed by atoms with Crippen LogP contribution >= 0.6 is 22.9 Å². The smallest absolute Gasteiger partial charge is 0.249 e. The zero-order valence-electron chi connectivity index (χ0n) is 14.8. The van der Waals surface area contributed by atoms with E-state index in [1.165, 1.54) is 17.4 Å². The van der Waals surface area contributed by atoms with E-state index in [4.69, 9.17) is 11.6 Å². The third-order valence-corrected chi connectivity index (χ3v) is 5.49. The summed E-state index contributed by atoms with van der Waals surface area (Å²) in [6.45, 7) is 8.55. The van der Waals surface area contributed by atoms with Gasteiger partial charge in [-0.1, -0.05) is 24.9 Å². The standard InChI is InChI=1S/C18H21ClN4OS/c1-5-6-9-23-17(19)14(12(3)22-23)7-8-16(24)21-18-15(10-20)11(2)13(4)25-18/h7-8H,5-6,9H2,1-4H3,(H,21,24)/b8-7+. The fraction of sp³-hybridized carbons (Fsp3) is 0.389. The molecule has 2 aromatic rings. The van der Waals surface area contributed by atoms with Crippen LogP contribution in [-0.2, 0) is 11.3 Å². The molecule has 0 spiro atoms. The fourth-order valence-corrected chi connectivity index (χ4v) is 3.71. The van der Waals surface area contributed by atoms with E-state index in [0.29, 0.717) is 15.7 Å². The maximum Gasteiger partial charge on any atom is 0.249 e. The first-order valence-electron chi connectivity index (χ1n) is 8.11. The number of aromatic nitrogens is 2. The van der Waals surface area contributed by atoms with Crippen molar-refractivity contribution in [2.45, 2.75) is 47.1 Å². The first-order chi connectivity index (χ1) is 11.9. The van der Waals surface area contributed by atoms with Crippen molar-refractivity contribution < 1.29 is 4.79 Å². The summed E-state index contributed by atoms with van der Waals surface area (Å²) in [6.07, 6.45) is 5.15. The van der Waals surface area contributed by atoms with Crippen LogP contribution in [-0.4, -0.2) is 15.7 Å². The van der Waals surface area contributed by atoms with Gasteiger partial charge in [-0.2, -0.15) is 10.4 Å². The summed E-state index contributed by atoms with van der Waals surface area (Å²) in [4.78, 5) is 13.2. The number of carbonyl (C=O) groups excluding carboxylic acids is 1. The second-order valence-electron chi connectivity index (χ2n) is 5.79. The van der Waals surface area contributed by atoms with Crippen LogP contribution in [0.5, 0.6) is 0 Å². The topological polar surface area (TPSA) is 70.7 Å². The quantitative estimate of drug-likeness (QED) is 0.732. The minimum Gasteiger partial charge on any atom is -0.313 e. The Bertz CT molecular complexity index is 858. The molecule has 5 nitrogen and oxygen atoms in total. The minimum atomic E-state index is -0.297. The molecule has 25 heavy (non-hydrogen) atoms. The molecule has 0 unspecified atom stereocenters. The van der Waals surface area contributed by atoms with E-state index in [1.807, 2.05) is 20.8 Å². The van der Waals surface area contributed by atoms with Gasteiger partial charge in [0.05, 0.1) is 11.3 Å². The summed E-state index contributed by atoms with van der Waals surface area (Å²) in [5.41, 5.74) is 2.95. The van der Waals surface area contributed by atoms with Crippen LogP contribution < -0.4 is 5.32 Å². The number of nitrogens with zero attached hydrogens (tertiary/aromatic N) is 3. The van der Waals surface area contributed by atoms with Crippen molar-refractivity contribution in [3.05, 3.63) is 38.5 Å². The zero-order valence-corrected chi connectivity index (χ0v) is 16.4. The first-order valence-corrected chi connectivity index (χ1v) is 9.30. The van der Waals surface area contributed by atoms with Gasteiger partial charge in [0.1, 0.15) is 16.2 Å². The molecule has 0 aliphatic carbocycles. The zero-order chi connectivity index (χ0) is 18.6. The first kappa shape index (κ1) is 19.2.